The molecule has 0 aromatic heterocycles. The molecule has 3 N–H and O–H groups in total. The molecule has 0 spiro atoms. The van der Waals surface area contributed by atoms with E-state index in [2.05, 4.69) is 16.0 Å². The van der Waals surface area contributed by atoms with Gasteiger partial charge in [0, 0.05) is 11.7 Å². The van der Waals surface area contributed by atoms with E-state index in [9.17, 15) is 9.59 Å². The van der Waals surface area contributed by atoms with Crippen LogP contribution in [-0.4, -0.2) is 24.0 Å². The number of anilines is 1. The van der Waals surface area contributed by atoms with Crippen molar-refractivity contribution in [2.45, 2.75) is 39.3 Å². The van der Waals surface area contributed by atoms with E-state index in [-0.39, 0.29) is 11.9 Å². The Hall–Kier alpha value is -2.04. The highest BCUT2D eigenvalue weighted by Crippen LogP contribution is 2.04. The average Bonchev–Trinajstić information content (AvgIpc) is 2.39. The normalized spacial score (nSPS) is 13.2. The Balaban J connectivity index is 2.41. The summed E-state index contributed by atoms with van der Waals surface area (Å²) in [6.07, 6.45) is 0.856. The summed E-state index contributed by atoms with van der Waals surface area (Å²) in [7, 11) is 0. The van der Waals surface area contributed by atoms with Crippen LogP contribution in [0.1, 0.15) is 27.2 Å². The van der Waals surface area contributed by atoms with Crippen LogP contribution in [0.5, 0.6) is 0 Å². The number of nitrogens with one attached hydrogen (secondary N) is 3. The summed E-state index contributed by atoms with van der Waals surface area (Å²) in [5.74, 6) is -0.183. The second-order valence-corrected chi connectivity index (χ2v) is 4.50. The SMILES string of the molecule is CCC(C)NC(=O)C(C)NC(=O)Nc1ccccc1. The molecule has 0 aliphatic heterocycles. The lowest BCUT2D eigenvalue weighted by Gasteiger charge is -2.17. The minimum Gasteiger partial charge on any atom is -0.352 e. The van der Waals surface area contributed by atoms with Crippen molar-refractivity contribution in [2.24, 2.45) is 0 Å². The van der Waals surface area contributed by atoms with Crippen LogP contribution in [0.25, 0.3) is 0 Å². The molecule has 2 atom stereocenters. The minimum absolute atomic E-state index is 0.105. The first kappa shape index (κ1) is 15.0. The van der Waals surface area contributed by atoms with Gasteiger partial charge in [0.1, 0.15) is 6.04 Å². The smallest absolute Gasteiger partial charge is 0.319 e. The Bertz CT molecular complexity index is 420. The van der Waals surface area contributed by atoms with Crippen LogP contribution in [0.4, 0.5) is 10.5 Å². The molecular formula is C14H21N3O2. The largest absolute Gasteiger partial charge is 0.352 e. The number of carbonyl (C=O) groups excluding carboxylic acids is 2. The van der Waals surface area contributed by atoms with Gasteiger partial charge in [0.05, 0.1) is 0 Å². The third-order valence-corrected chi connectivity index (χ3v) is 2.77. The van der Waals surface area contributed by atoms with E-state index < -0.39 is 12.1 Å². The fourth-order valence-electron chi connectivity index (χ4n) is 1.42. The Kier molecular flexibility index (Phi) is 5.85. The minimum atomic E-state index is -0.572. The number of rotatable bonds is 5. The van der Waals surface area contributed by atoms with E-state index in [1.807, 2.05) is 32.0 Å². The van der Waals surface area contributed by atoms with Crippen molar-refractivity contribution in [1.82, 2.24) is 10.6 Å². The first-order chi connectivity index (χ1) is 9.02. The van der Waals surface area contributed by atoms with Crippen molar-refractivity contribution in [2.75, 3.05) is 5.32 Å². The second kappa shape index (κ2) is 7.41. The van der Waals surface area contributed by atoms with Gasteiger partial charge in [-0.25, -0.2) is 4.79 Å². The lowest BCUT2D eigenvalue weighted by Crippen LogP contribution is -2.48. The summed E-state index contributed by atoms with van der Waals surface area (Å²) in [6, 6.07) is 8.23. The standard InChI is InChI=1S/C14H21N3O2/c1-4-10(2)15-13(18)11(3)16-14(19)17-12-8-6-5-7-9-12/h5-11H,4H2,1-3H3,(H,15,18)(H2,16,17,19). The summed E-state index contributed by atoms with van der Waals surface area (Å²) in [4.78, 5) is 23.4. The molecule has 0 aliphatic rings. The quantitative estimate of drug-likeness (QED) is 0.761. The molecule has 0 saturated carbocycles. The molecule has 5 nitrogen and oxygen atoms in total. The van der Waals surface area contributed by atoms with Gasteiger partial charge in [-0.15, -0.1) is 0 Å². The molecule has 1 aromatic rings. The van der Waals surface area contributed by atoms with E-state index in [0.717, 1.165) is 6.42 Å². The van der Waals surface area contributed by atoms with E-state index >= 15 is 0 Å². The van der Waals surface area contributed by atoms with E-state index in [1.165, 1.54) is 0 Å². The summed E-state index contributed by atoms with van der Waals surface area (Å²) < 4.78 is 0. The fourth-order valence-corrected chi connectivity index (χ4v) is 1.42. The number of amides is 3. The summed E-state index contributed by atoms with van der Waals surface area (Å²) in [5, 5.41) is 8.08. The van der Waals surface area contributed by atoms with Crippen molar-refractivity contribution in [3.8, 4) is 0 Å². The average molecular weight is 263 g/mol. The predicted octanol–water partition coefficient (Wildman–Crippen LogP) is 2.11. The zero-order chi connectivity index (χ0) is 14.3. The van der Waals surface area contributed by atoms with Gasteiger partial charge in [-0.2, -0.15) is 0 Å². The Morgan fingerprint density at radius 3 is 2.32 bits per heavy atom. The molecule has 19 heavy (non-hydrogen) atoms. The molecule has 5 heteroatoms. The lowest BCUT2D eigenvalue weighted by molar-refractivity contribution is -0.123. The summed E-state index contributed by atoms with van der Waals surface area (Å²) >= 11 is 0. The molecule has 104 valence electrons. The van der Waals surface area contributed by atoms with Crippen LogP contribution in [-0.2, 0) is 4.79 Å². The van der Waals surface area contributed by atoms with Crippen LogP contribution >= 0.6 is 0 Å². The van der Waals surface area contributed by atoms with Crippen LogP contribution < -0.4 is 16.0 Å². The van der Waals surface area contributed by atoms with Crippen molar-refractivity contribution >= 4 is 17.6 Å². The van der Waals surface area contributed by atoms with Crippen molar-refractivity contribution in [3.05, 3.63) is 30.3 Å². The molecule has 1 rings (SSSR count). The van der Waals surface area contributed by atoms with E-state index in [0.29, 0.717) is 5.69 Å². The number of carbonyl (C=O) groups is 2. The Labute approximate surface area is 113 Å². The van der Waals surface area contributed by atoms with Gasteiger partial charge >= 0.3 is 6.03 Å². The van der Waals surface area contributed by atoms with Gasteiger partial charge in [0.25, 0.3) is 0 Å². The number of hydrogen-bond acceptors (Lipinski definition) is 2. The van der Waals surface area contributed by atoms with Gasteiger partial charge in [0.15, 0.2) is 0 Å². The third kappa shape index (κ3) is 5.42. The number of benzene rings is 1. The van der Waals surface area contributed by atoms with Gasteiger partial charge in [-0.3, -0.25) is 4.79 Å². The molecule has 3 amide bonds. The lowest BCUT2D eigenvalue weighted by atomic mass is 10.2. The molecular weight excluding hydrogens is 242 g/mol. The zero-order valence-corrected chi connectivity index (χ0v) is 11.6. The maximum absolute atomic E-state index is 11.7. The monoisotopic (exact) mass is 263 g/mol. The van der Waals surface area contributed by atoms with Crippen LogP contribution in [0.15, 0.2) is 30.3 Å². The van der Waals surface area contributed by atoms with Crippen LogP contribution in [0.3, 0.4) is 0 Å². The first-order valence-electron chi connectivity index (χ1n) is 6.46. The van der Waals surface area contributed by atoms with E-state index in [4.69, 9.17) is 0 Å². The molecule has 0 aliphatic carbocycles. The molecule has 2 unspecified atom stereocenters. The number of hydrogen-bond donors (Lipinski definition) is 3. The Morgan fingerprint density at radius 2 is 1.74 bits per heavy atom. The number of urea groups is 1. The van der Waals surface area contributed by atoms with Crippen LogP contribution in [0, 0.1) is 0 Å². The molecule has 0 fully saturated rings. The molecule has 0 radical (unpaired) electrons. The zero-order valence-electron chi connectivity index (χ0n) is 11.6. The molecule has 1 aromatic carbocycles. The van der Waals surface area contributed by atoms with E-state index in [1.54, 1.807) is 19.1 Å². The third-order valence-electron chi connectivity index (χ3n) is 2.77. The topological polar surface area (TPSA) is 70.2 Å². The molecule has 0 bridgehead atoms. The van der Waals surface area contributed by atoms with Gasteiger partial charge < -0.3 is 16.0 Å². The summed E-state index contributed by atoms with van der Waals surface area (Å²) in [5.41, 5.74) is 0.689. The maximum atomic E-state index is 11.7. The van der Waals surface area contributed by atoms with Gasteiger partial charge in [-0.1, -0.05) is 25.1 Å². The fraction of sp³-hybridized carbons (Fsp3) is 0.429. The highest BCUT2D eigenvalue weighted by molar-refractivity contribution is 5.93. The van der Waals surface area contributed by atoms with Crippen molar-refractivity contribution < 1.29 is 9.59 Å². The van der Waals surface area contributed by atoms with Crippen molar-refractivity contribution in [1.29, 1.82) is 0 Å². The second-order valence-electron chi connectivity index (χ2n) is 4.50. The van der Waals surface area contributed by atoms with Gasteiger partial charge in [-0.05, 0) is 32.4 Å². The highest BCUT2D eigenvalue weighted by atomic mass is 16.2. The molecule has 0 saturated heterocycles. The van der Waals surface area contributed by atoms with Crippen LogP contribution in [0.2, 0.25) is 0 Å². The predicted molar refractivity (Wildman–Crippen MR) is 76.0 cm³/mol. The van der Waals surface area contributed by atoms with Crippen molar-refractivity contribution in [3.63, 3.8) is 0 Å². The first-order valence-corrected chi connectivity index (χ1v) is 6.46. The maximum Gasteiger partial charge on any atom is 0.319 e. The number of para-hydroxylation sites is 1. The molecule has 0 heterocycles. The Morgan fingerprint density at radius 1 is 1.11 bits per heavy atom. The van der Waals surface area contributed by atoms with Gasteiger partial charge in [0.2, 0.25) is 5.91 Å². The summed E-state index contributed by atoms with van der Waals surface area (Å²) in [6.45, 7) is 5.57. The highest BCUT2D eigenvalue weighted by Gasteiger charge is 2.16.